The van der Waals surface area contributed by atoms with Gasteiger partial charge in [0.05, 0.1) is 5.56 Å². The molecule has 1 fully saturated rings. The molecule has 1 atom stereocenters. The molecule has 0 amide bonds. The van der Waals surface area contributed by atoms with Crippen LogP contribution in [0.2, 0.25) is 0 Å². The third-order valence-electron chi connectivity index (χ3n) is 5.13. The van der Waals surface area contributed by atoms with Gasteiger partial charge in [-0.1, -0.05) is 29.8 Å². The Morgan fingerprint density at radius 2 is 1.88 bits per heavy atom. The van der Waals surface area contributed by atoms with Crippen LogP contribution in [0.15, 0.2) is 17.1 Å². The number of halogens is 1. The van der Waals surface area contributed by atoms with E-state index in [0.29, 0.717) is 5.41 Å². The van der Waals surface area contributed by atoms with Crippen LogP contribution in [0.4, 0.5) is 5.82 Å². The quantitative estimate of drug-likeness (QED) is 0.712. The summed E-state index contributed by atoms with van der Waals surface area (Å²) in [6.07, 6.45) is 4.14. The Hall–Kier alpha value is -1.36. The maximum absolute atomic E-state index is 12.9. The summed E-state index contributed by atoms with van der Waals surface area (Å²) in [6, 6.07) is 2.11. The molecule has 1 aliphatic heterocycles. The average Bonchev–Trinajstić information content (AvgIpc) is 2.51. The zero-order valence-corrected chi connectivity index (χ0v) is 16.8. The Kier molecular flexibility index (Phi) is 4.49. The molecule has 0 aromatic carbocycles. The van der Waals surface area contributed by atoms with Gasteiger partial charge in [0.2, 0.25) is 0 Å². The van der Waals surface area contributed by atoms with Crippen molar-refractivity contribution in [1.29, 1.82) is 0 Å². The lowest BCUT2D eigenvalue weighted by Gasteiger charge is -2.38. The Balaban J connectivity index is 2.17. The average molecular weight is 392 g/mol. The van der Waals surface area contributed by atoms with Crippen molar-refractivity contribution in [3.63, 3.8) is 0 Å². The predicted octanol–water partition coefficient (Wildman–Crippen LogP) is 4.39. The Morgan fingerprint density at radius 3 is 2.46 bits per heavy atom. The summed E-state index contributed by atoms with van der Waals surface area (Å²) in [5.74, 6) is 0.855. The highest BCUT2D eigenvalue weighted by molar-refractivity contribution is 9.09. The van der Waals surface area contributed by atoms with Gasteiger partial charge in [0.25, 0.3) is 5.56 Å². The SMILES string of the molecule is Cc1cc(C(C)Br)c2nc(N3CCC(C)(C)CC3)c(C)c(=O)n2c1. The number of alkyl halides is 1. The van der Waals surface area contributed by atoms with Crippen molar-refractivity contribution >= 4 is 27.4 Å². The van der Waals surface area contributed by atoms with Crippen LogP contribution >= 0.6 is 15.9 Å². The van der Waals surface area contributed by atoms with Crippen LogP contribution < -0.4 is 10.5 Å². The molecule has 1 saturated heterocycles. The maximum Gasteiger partial charge on any atom is 0.262 e. The molecular weight excluding hydrogens is 366 g/mol. The number of aromatic nitrogens is 2. The van der Waals surface area contributed by atoms with Crippen LogP contribution in [0.3, 0.4) is 0 Å². The second kappa shape index (κ2) is 6.17. The van der Waals surface area contributed by atoms with Gasteiger partial charge in [-0.3, -0.25) is 9.20 Å². The topological polar surface area (TPSA) is 37.6 Å². The maximum atomic E-state index is 12.9. The lowest BCUT2D eigenvalue weighted by Crippen LogP contribution is -2.39. The van der Waals surface area contributed by atoms with E-state index in [1.807, 2.05) is 20.0 Å². The third kappa shape index (κ3) is 3.10. The summed E-state index contributed by atoms with van der Waals surface area (Å²) in [7, 11) is 0. The molecule has 1 aliphatic rings. The highest BCUT2D eigenvalue weighted by Crippen LogP contribution is 2.33. The van der Waals surface area contributed by atoms with E-state index in [0.717, 1.165) is 54.1 Å². The van der Waals surface area contributed by atoms with Gasteiger partial charge in [-0.05, 0) is 50.7 Å². The minimum atomic E-state index is 0.0398. The normalized spacial score (nSPS) is 18.8. The Morgan fingerprint density at radius 1 is 1.25 bits per heavy atom. The number of nitrogens with zero attached hydrogens (tertiary/aromatic N) is 3. The first-order valence-electron chi connectivity index (χ1n) is 8.62. The van der Waals surface area contributed by atoms with Gasteiger partial charge in [0.1, 0.15) is 11.5 Å². The molecule has 1 unspecified atom stereocenters. The fourth-order valence-electron chi connectivity index (χ4n) is 3.41. The molecule has 0 spiro atoms. The highest BCUT2D eigenvalue weighted by Gasteiger charge is 2.28. The molecule has 0 aliphatic carbocycles. The first kappa shape index (κ1) is 17.5. The molecule has 0 radical (unpaired) electrons. The summed E-state index contributed by atoms with van der Waals surface area (Å²) < 4.78 is 1.70. The van der Waals surface area contributed by atoms with Gasteiger partial charge < -0.3 is 4.90 Å². The molecule has 2 aromatic rings. The number of fused-ring (bicyclic) bond motifs is 1. The first-order chi connectivity index (χ1) is 11.2. The van der Waals surface area contributed by atoms with Crippen molar-refractivity contribution in [2.75, 3.05) is 18.0 Å². The van der Waals surface area contributed by atoms with Crippen LogP contribution in [-0.4, -0.2) is 22.5 Å². The van der Waals surface area contributed by atoms with Gasteiger partial charge in [0.15, 0.2) is 0 Å². The number of aryl methyl sites for hydroxylation is 1. The lowest BCUT2D eigenvalue weighted by atomic mass is 9.82. The monoisotopic (exact) mass is 391 g/mol. The van der Waals surface area contributed by atoms with Crippen molar-refractivity contribution < 1.29 is 0 Å². The van der Waals surface area contributed by atoms with Crippen molar-refractivity contribution in [1.82, 2.24) is 9.38 Å². The molecule has 3 heterocycles. The molecule has 24 heavy (non-hydrogen) atoms. The standard InChI is InChI=1S/C19H26BrN3O/c1-12-10-15(14(3)20)17-21-16(13(2)18(24)23(17)11-12)22-8-6-19(4,5)7-9-22/h10-11,14H,6-9H2,1-5H3. The summed E-state index contributed by atoms with van der Waals surface area (Å²) >= 11 is 3.65. The van der Waals surface area contributed by atoms with Crippen LogP contribution in [0.1, 0.15) is 55.1 Å². The predicted molar refractivity (Wildman–Crippen MR) is 104 cm³/mol. The van der Waals surface area contributed by atoms with E-state index < -0.39 is 0 Å². The minimum Gasteiger partial charge on any atom is -0.356 e. The molecule has 3 rings (SSSR count). The molecule has 0 N–H and O–H groups in total. The number of anilines is 1. The summed E-state index contributed by atoms with van der Waals surface area (Å²) in [5, 5.41) is 0. The second-order valence-corrected chi connectivity index (χ2v) is 9.17. The van der Waals surface area contributed by atoms with Crippen LogP contribution in [0.25, 0.3) is 5.65 Å². The lowest BCUT2D eigenvalue weighted by molar-refractivity contribution is 0.279. The highest BCUT2D eigenvalue weighted by atomic mass is 79.9. The van der Waals surface area contributed by atoms with E-state index in [9.17, 15) is 4.79 Å². The van der Waals surface area contributed by atoms with Crippen LogP contribution in [0, 0.1) is 19.3 Å². The molecule has 0 bridgehead atoms. The van der Waals surface area contributed by atoms with Crippen molar-refractivity contribution in [3.8, 4) is 0 Å². The molecule has 4 nitrogen and oxygen atoms in total. The number of piperidine rings is 1. The van der Waals surface area contributed by atoms with Gasteiger partial charge >= 0.3 is 0 Å². The minimum absolute atomic E-state index is 0.0398. The molecule has 130 valence electrons. The number of hydrogen-bond acceptors (Lipinski definition) is 3. The third-order valence-corrected chi connectivity index (χ3v) is 5.63. The van der Waals surface area contributed by atoms with Gasteiger partial charge in [0, 0.05) is 29.7 Å². The van der Waals surface area contributed by atoms with E-state index >= 15 is 0 Å². The zero-order chi connectivity index (χ0) is 17.6. The smallest absolute Gasteiger partial charge is 0.262 e. The number of pyridine rings is 1. The van der Waals surface area contributed by atoms with E-state index in [-0.39, 0.29) is 10.4 Å². The van der Waals surface area contributed by atoms with Crippen molar-refractivity contribution in [2.24, 2.45) is 5.41 Å². The van der Waals surface area contributed by atoms with E-state index in [1.54, 1.807) is 4.40 Å². The summed E-state index contributed by atoms with van der Waals surface area (Å²) in [6.45, 7) is 12.5. The van der Waals surface area contributed by atoms with E-state index in [2.05, 4.69) is 47.7 Å². The van der Waals surface area contributed by atoms with Crippen molar-refractivity contribution in [3.05, 3.63) is 39.3 Å². The molecular formula is C19H26BrN3O. The number of hydrogen-bond donors (Lipinski definition) is 0. The van der Waals surface area contributed by atoms with Crippen molar-refractivity contribution in [2.45, 2.75) is 52.3 Å². The van der Waals surface area contributed by atoms with Crippen LogP contribution in [-0.2, 0) is 0 Å². The molecule has 0 saturated carbocycles. The van der Waals surface area contributed by atoms with E-state index in [4.69, 9.17) is 4.98 Å². The second-order valence-electron chi connectivity index (χ2n) is 7.80. The molecule has 5 heteroatoms. The number of rotatable bonds is 2. The summed E-state index contributed by atoms with van der Waals surface area (Å²) in [4.78, 5) is 20.3. The van der Waals surface area contributed by atoms with Gasteiger partial charge in [-0.2, -0.15) is 0 Å². The summed E-state index contributed by atoms with van der Waals surface area (Å²) in [5.41, 5.74) is 4.05. The zero-order valence-electron chi connectivity index (χ0n) is 15.2. The van der Waals surface area contributed by atoms with Gasteiger partial charge in [-0.15, -0.1) is 0 Å². The van der Waals surface area contributed by atoms with E-state index in [1.165, 1.54) is 0 Å². The Labute approximate surface area is 152 Å². The first-order valence-corrected chi connectivity index (χ1v) is 9.54. The largest absolute Gasteiger partial charge is 0.356 e. The molecule has 2 aromatic heterocycles. The fourth-order valence-corrected chi connectivity index (χ4v) is 3.75. The van der Waals surface area contributed by atoms with Crippen LogP contribution in [0.5, 0.6) is 0 Å². The Bertz CT molecular complexity index is 829. The fraction of sp³-hybridized carbons (Fsp3) is 0.579. The van der Waals surface area contributed by atoms with Gasteiger partial charge in [-0.25, -0.2) is 4.98 Å².